The number of hydrogen-bond acceptors (Lipinski definition) is 3. The van der Waals surface area contributed by atoms with Gasteiger partial charge in [0.25, 0.3) is 11.7 Å². The van der Waals surface area contributed by atoms with E-state index in [4.69, 9.17) is 23.2 Å². The first-order valence-corrected chi connectivity index (χ1v) is 11.0. The molecule has 0 bridgehead atoms. The van der Waals surface area contributed by atoms with Gasteiger partial charge < -0.3 is 10.0 Å². The summed E-state index contributed by atoms with van der Waals surface area (Å²) in [6.45, 7) is 2.24. The quantitative estimate of drug-likeness (QED) is 0.287. The van der Waals surface area contributed by atoms with Crippen LogP contribution in [-0.4, -0.2) is 28.2 Å². The molecular weight excluding hydrogens is 445 g/mol. The summed E-state index contributed by atoms with van der Waals surface area (Å²) in [6.07, 6.45) is 0.566. The zero-order valence-electron chi connectivity index (χ0n) is 17.4. The lowest BCUT2D eigenvalue weighted by atomic mass is 9.95. The van der Waals surface area contributed by atoms with Crippen molar-refractivity contribution in [3.63, 3.8) is 0 Å². The number of carbonyl (C=O) groups is 2. The summed E-state index contributed by atoms with van der Waals surface area (Å²) >= 11 is 12.3. The predicted molar refractivity (Wildman–Crippen MR) is 127 cm³/mol. The van der Waals surface area contributed by atoms with Crippen molar-refractivity contribution in [1.29, 1.82) is 0 Å². The molecule has 1 fully saturated rings. The van der Waals surface area contributed by atoms with Crippen molar-refractivity contribution in [1.82, 2.24) is 4.90 Å². The molecule has 1 aliphatic heterocycles. The van der Waals surface area contributed by atoms with Gasteiger partial charge in [-0.2, -0.15) is 0 Å². The Kier molecular flexibility index (Phi) is 6.35. The van der Waals surface area contributed by atoms with E-state index in [1.54, 1.807) is 30.3 Å². The number of benzene rings is 3. The van der Waals surface area contributed by atoms with Gasteiger partial charge in [-0.15, -0.1) is 0 Å². The van der Waals surface area contributed by atoms with Crippen LogP contribution in [0.5, 0.6) is 0 Å². The fourth-order valence-electron chi connectivity index (χ4n) is 3.90. The van der Waals surface area contributed by atoms with Crippen molar-refractivity contribution in [2.24, 2.45) is 0 Å². The van der Waals surface area contributed by atoms with E-state index in [1.165, 1.54) is 4.90 Å². The van der Waals surface area contributed by atoms with Gasteiger partial charge in [0.1, 0.15) is 5.76 Å². The Morgan fingerprint density at radius 1 is 0.938 bits per heavy atom. The van der Waals surface area contributed by atoms with Gasteiger partial charge in [0.2, 0.25) is 0 Å². The molecule has 4 nitrogen and oxygen atoms in total. The molecule has 1 unspecified atom stereocenters. The van der Waals surface area contributed by atoms with Crippen molar-refractivity contribution in [3.05, 3.63) is 111 Å². The van der Waals surface area contributed by atoms with E-state index < -0.39 is 17.7 Å². The number of Topliss-reactive ketones (excluding diaryl/α,β-unsaturated/α-hetero) is 1. The minimum Gasteiger partial charge on any atom is -0.507 e. The molecule has 0 aliphatic carbocycles. The fourth-order valence-corrected chi connectivity index (χ4v) is 4.21. The molecule has 0 saturated carbocycles. The first-order chi connectivity index (χ1) is 15.4. The smallest absolute Gasteiger partial charge is 0.295 e. The molecule has 1 aliphatic rings. The van der Waals surface area contributed by atoms with Crippen LogP contribution in [0.25, 0.3) is 5.76 Å². The number of aliphatic hydroxyl groups excluding tert-OH is 1. The normalized spacial score (nSPS) is 17.7. The molecular formula is C26H21Cl2NO3. The Balaban J connectivity index is 1.81. The van der Waals surface area contributed by atoms with Crippen LogP contribution in [-0.2, 0) is 16.0 Å². The van der Waals surface area contributed by atoms with Crippen molar-refractivity contribution in [2.75, 3.05) is 6.54 Å². The van der Waals surface area contributed by atoms with E-state index in [9.17, 15) is 14.7 Å². The first-order valence-electron chi connectivity index (χ1n) is 10.2. The lowest BCUT2D eigenvalue weighted by molar-refractivity contribution is -0.139. The van der Waals surface area contributed by atoms with E-state index in [1.807, 2.05) is 49.4 Å². The molecule has 1 N–H and O–H groups in total. The maximum absolute atomic E-state index is 13.1. The van der Waals surface area contributed by atoms with Crippen molar-refractivity contribution in [2.45, 2.75) is 19.4 Å². The summed E-state index contributed by atoms with van der Waals surface area (Å²) in [7, 11) is 0. The Bertz CT molecular complexity index is 1200. The van der Waals surface area contributed by atoms with E-state index >= 15 is 0 Å². The number of aryl methyl sites for hydroxylation is 1. The maximum Gasteiger partial charge on any atom is 0.295 e. The van der Waals surface area contributed by atoms with E-state index in [2.05, 4.69) is 0 Å². The van der Waals surface area contributed by atoms with Crippen LogP contribution in [0.1, 0.15) is 28.3 Å². The zero-order chi connectivity index (χ0) is 22.8. The monoisotopic (exact) mass is 465 g/mol. The summed E-state index contributed by atoms with van der Waals surface area (Å²) in [5, 5.41) is 11.8. The van der Waals surface area contributed by atoms with Crippen LogP contribution in [0, 0.1) is 6.92 Å². The number of hydrogen-bond donors (Lipinski definition) is 1. The average molecular weight is 466 g/mol. The second-order valence-electron chi connectivity index (χ2n) is 7.77. The number of likely N-dealkylation sites (tertiary alicyclic amines) is 1. The second kappa shape index (κ2) is 9.19. The summed E-state index contributed by atoms with van der Waals surface area (Å²) in [5.41, 5.74) is 3.19. The second-order valence-corrected chi connectivity index (χ2v) is 8.58. The largest absolute Gasteiger partial charge is 0.507 e. The average Bonchev–Trinajstić information content (AvgIpc) is 3.05. The molecule has 3 aromatic rings. The highest BCUT2D eigenvalue weighted by Gasteiger charge is 2.45. The van der Waals surface area contributed by atoms with Gasteiger partial charge in [0.05, 0.1) is 21.7 Å². The molecule has 0 spiro atoms. The minimum absolute atomic E-state index is 0.0466. The zero-order valence-corrected chi connectivity index (χ0v) is 18.9. The molecule has 0 aromatic heterocycles. The van der Waals surface area contributed by atoms with Crippen molar-refractivity contribution in [3.8, 4) is 0 Å². The Labute approximate surface area is 196 Å². The number of aliphatic hydroxyl groups is 1. The summed E-state index contributed by atoms with van der Waals surface area (Å²) in [5.74, 6) is -1.57. The SMILES string of the molecule is Cc1ccc(C(O)=C2C(=O)C(=O)N(CCc3ccccc3)C2c2ccc(Cl)c(Cl)c2)cc1. The third-order valence-electron chi connectivity index (χ3n) is 5.61. The molecule has 1 heterocycles. The van der Waals surface area contributed by atoms with E-state index in [0.717, 1.165) is 11.1 Å². The number of ketones is 1. The standard InChI is InChI=1S/C26H21Cl2NO3/c1-16-7-9-18(10-8-16)24(30)22-23(19-11-12-20(27)21(28)15-19)29(26(32)25(22)31)14-13-17-5-3-2-4-6-17/h2-12,15,23,30H,13-14H2,1H3. The number of amides is 1. The topological polar surface area (TPSA) is 57.6 Å². The molecule has 6 heteroatoms. The lowest BCUT2D eigenvalue weighted by Crippen LogP contribution is -2.31. The van der Waals surface area contributed by atoms with Gasteiger partial charge in [-0.05, 0) is 36.6 Å². The van der Waals surface area contributed by atoms with Gasteiger partial charge in [0.15, 0.2) is 0 Å². The highest BCUT2D eigenvalue weighted by molar-refractivity contribution is 6.46. The first kappa shape index (κ1) is 22.1. The van der Waals surface area contributed by atoms with Crippen LogP contribution >= 0.6 is 23.2 Å². The molecule has 0 radical (unpaired) electrons. The van der Waals surface area contributed by atoms with Crippen LogP contribution in [0.3, 0.4) is 0 Å². The third kappa shape index (κ3) is 4.29. The molecule has 4 rings (SSSR count). The van der Waals surface area contributed by atoms with Crippen LogP contribution in [0.2, 0.25) is 10.0 Å². The van der Waals surface area contributed by atoms with Crippen LogP contribution in [0.15, 0.2) is 78.4 Å². The van der Waals surface area contributed by atoms with Crippen molar-refractivity contribution >= 4 is 40.7 Å². The molecule has 162 valence electrons. The summed E-state index contributed by atoms with van der Waals surface area (Å²) < 4.78 is 0. The highest BCUT2D eigenvalue weighted by Crippen LogP contribution is 2.41. The lowest BCUT2D eigenvalue weighted by Gasteiger charge is -2.25. The van der Waals surface area contributed by atoms with Gasteiger partial charge in [0, 0.05) is 12.1 Å². The van der Waals surface area contributed by atoms with Gasteiger partial charge in [-0.25, -0.2) is 0 Å². The van der Waals surface area contributed by atoms with Crippen LogP contribution < -0.4 is 0 Å². The molecule has 3 aromatic carbocycles. The minimum atomic E-state index is -0.769. The number of carbonyl (C=O) groups excluding carboxylic acids is 2. The van der Waals surface area contributed by atoms with Gasteiger partial charge in [-0.1, -0.05) is 89.4 Å². The number of rotatable bonds is 5. The molecule has 1 amide bonds. The molecule has 32 heavy (non-hydrogen) atoms. The van der Waals surface area contributed by atoms with Gasteiger partial charge in [-0.3, -0.25) is 9.59 Å². The van der Waals surface area contributed by atoms with E-state index in [0.29, 0.717) is 34.1 Å². The Morgan fingerprint density at radius 3 is 2.28 bits per heavy atom. The van der Waals surface area contributed by atoms with Crippen molar-refractivity contribution < 1.29 is 14.7 Å². The highest BCUT2D eigenvalue weighted by atomic mass is 35.5. The molecule has 1 saturated heterocycles. The fraction of sp³-hybridized carbons (Fsp3) is 0.154. The van der Waals surface area contributed by atoms with Gasteiger partial charge >= 0.3 is 0 Å². The number of nitrogens with zero attached hydrogens (tertiary/aromatic N) is 1. The van der Waals surface area contributed by atoms with Crippen LogP contribution in [0.4, 0.5) is 0 Å². The Morgan fingerprint density at radius 2 is 1.62 bits per heavy atom. The summed E-state index contributed by atoms with van der Waals surface area (Å²) in [6, 6.07) is 21.1. The Hall–Kier alpha value is -3.08. The molecule has 1 atom stereocenters. The summed E-state index contributed by atoms with van der Waals surface area (Å²) in [4.78, 5) is 27.6. The predicted octanol–water partition coefficient (Wildman–Crippen LogP) is 5.97. The maximum atomic E-state index is 13.1. The third-order valence-corrected chi connectivity index (χ3v) is 6.35. The van der Waals surface area contributed by atoms with E-state index in [-0.39, 0.29) is 11.3 Å². The number of halogens is 2.